The summed E-state index contributed by atoms with van der Waals surface area (Å²) in [6.07, 6.45) is 10.0. The van der Waals surface area contributed by atoms with Crippen LogP contribution in [-0.4, -0.2) is 13.2 Å². The SMILES string of the molecule is C#C/C=C1/COCC/C1=C/C. The third-order valence-electron chi connectivity index (χ3n) is 1.79. The Morgan fingerprint density at radius 2 is 2.36 bits per heavy atom. The van der Waals surface area contributed by atoms with Crippen LogP contribution in [0.15, 0.2) is 23.3 Å². The van der Waals surface area contributed by atoms with Crippen molar-refractivity contribution in [2.24, 2.45) is 0 Å². The van der Waals surface area contributed by atoms with Gasteiger partial charge in [-0.25, -0.2) is 0 Å². The number of hydrogen-bond donors (Lipinski definition) is 0. The van der Waals surface area contributed by atoms with Gasteiger partial charge in [-0.05, 0) is 30.6 Å². The Kier molecular flexibility index (Phi) is 2.95. The van der Waals surface area contributed by atoms with E-state index in [0.717, 1.165) is 18.6 Å². The van der Waals surface area contributed by atoms with Crippen LogP contribution < -0.4 is 0 Å². The van der Waals surface area contributed by atoms with Gasteiger partial charge in [-0.1, -0.05) is 12.0 Å². The predicted octanol–water partition coefficient (Wildman–Crippen LogP) is 1.91. The van der Waals surface area contributed by atoms with Gasteiger partial charge in [0.25, 0.3) is 0 Å². The molecule has 0 spiro atoms. The van der Waals surface area contributed by atoms with Crippen molar-refractivity contribution in [1.29, 1.82) is 0 Å². The van der Waals surface area contributed by atoms with Gasteiger partial charge in [0.2, 0.25) is 0 Å². The summed E-state index contributed by atoms with van der Waals surface area (Å²) in [5.41, 5.74) is 2.48. The molecule has 58 valence electrons. The van der Waals surface area contributed by atoms with E-state index < -0.39 is 0 Å². The first-order chi connectivity index (χ1) is 5.38. The minimum Gasteiger partial charge on any atom is -0.376 e. The van der Waals surface area contributed by atoms with E-state index in [4.69, 9.17) is 11.2 Å². The van der Waals surface area contributed by atoms with Crippen LogP contribution in [0.25, 0.3) is 0 Å². The van der Waals surface area contributed by atoms with E-state index in [1.54, 1.807) is 6.08 Å². The molecule has 11 heavy (non-hydrogen) atoms. The van der Waals surface area contributed by atoms with Gasteiger partial charge in [0.15, 0.2) is 0 Å². The molecule has 1 saturated heterocycles. The van der Waals surface area contributed by atoms with E-state index in [1.807, 2.05) is 6.92 Å². The van der Waals surface area contributed by atoms with Crippen LogP contribution in [0.3, 0.4) is 0 Å². The largest absolute Gasteiger partial charge is 0.376 e. The first kappa shape index (κ1) is 8.10. The van der Waals surface area contributed by atoms with Gasteiger partial charge in [-0.15, -0.1) is 6.42 Å². The number of ether oxygens (including phenoxy) is 1. The van der Waals surface area contributed by atoms with E-state index in [0.29, 0.717) is 6.61 Å². The van der Waals surface area contributed by atoms with Crippen molar-refractivity contribution in [1.82, 2.24) is 0 Å². The van der Waals surface area contributed by atoms with Crippen molar-refractivity contribution in [2.75, 3.05) is 13.2 Å². The summed E-state index contributed by atoms with van der Waals surface area (Å²) in [5, 5.41) is 0. The molecule has 0 aromatic rings. The molecule has 0 aliphatic carbocycles. The van der Waals surface area contributed by atoms with Crippen molar-refractivity contribution >= 4 is 0 Å². The summed E-state index contributed by atoms with van der Waals surface area (Å²) < 4.78 is 5.26. The lowest BCUT2D eigenvalue weighted by atomic mass is 10.0. The Hall–Kier alpha value is -1.00. The molecule has 1 heterocycles. The highest BCUT2D eigenvalue weighted by molar-refractivity contribution is 5.36. The molecule has 0 radical (unpaired) electrons. The van der Waals surface area contributed by atoms with Crippen LogP contribution in [0, 0.1) is 12.3 Å². The van der Waals surface area contributed by atoms with E-state index in [1.165, 1.54) is 5.57 Å². The van der Waals surface area contributed by atoms with Gasteiger partial charge in [-0.2, -0.15) is 0 Å². The van der Waals surface area contributed by atoms with E-state index >= 15 is 0 Å². The zero-order chi connectivity index (χ0) is 8.10. The summed E-state index contributed by atoms with van der Waals surface area (Å²) in [4.78, 5) is 0. The fourth-order valence-corrected chi connectivity index (χ4v) is 1.18. The molecular weight excluding hydrogens is 136 g/mol. The lowest BCUT2D eigenvalue weighted by molar-refractivity contribution is 0.146. The van der Waals surface area contributed by atoms with Crippen LogP contribution >= 0.6 is 0 Å². The maximum absolute atomic E-state index is 5.26. The molecule has 1 nitrogen and oxygen atoms in total. The Balaban J connectivity index is 2.77. The van der Waals surface area contributed by atoms with Gasteiger partial charge in [0.05, 0.1) is 13.2 Å². The quantitative estimate of drug-likeness (QED) is 0.477. The number of hydrogen-bond acceptors (Lipinski definition) is 1. The van der Waals surface area contributed by atoms with Crippen LogP contribution in [0.5, 0.6) is 0 Å². The molecule has 0 atom stereocenters. The second kappa shape index (κ2) is 4.00. The second-order valence-electron chi connectivity index (χ2n) is 2.45. The minimum atomic E-state index is 0.671. The molecule has 0 bridgehead atoms. The average molecular weight is 148 g/mol. The van der Waals surface area contributed by atoms with Crippen molar-refractivity contribution in [2.45, 2.75) is 13.3 Å². The van der Waals surface area contributed by atoms with E-state index in [-0.39, 0.29) is 0 Å². The van der Waals surface area contributed by atoms with E-state index in [2.05, 4.69) is 12.0 Å². The molecule has 0 aromatic heterocycles. The number of rotatable bonds is 0. The van der Waals surface area contributed by atoms with Crippen LogP contribution in [0.1, 0.15) is 13.3 Å². The monoisotopic (exact) mass is 148 g/mol. The fourth-order valence-electron chi connectivity index (χ4n) is 1.18. The zero-order valence-corrected chi connectivity index (χ0v) is 6.76. The number of allylic oxidation sites excluding steroid dienone is 2. The topological polar surface area (TPSA) is 9.23 Å². The van der Waals surface area contributed by atoms with Gasteiger partial charge in [-0.3, -0.25) is 0 Å². The zero-order valence-electron chi connectivity index (χ0n) is 6.76. The molecule has 0 saturated carbocycles. The van der Waals surface area contributed by atoms with Crippen LogP contribution in [0.2, 0.25) is 0 Å². The first-order valence-corrected chi connectivity index (χ1v) is 3.77. The highest BCUT2D eigenvalue weighted by Crippen LogP contribution is 2.18. The average Bonchev–Trinajstić information content (AvgIpc) is 2.06. The van der Waals surface area contributed by atoms with Crippen molar-refractivity contribution in [3.63, 3.8) is 0 Å². The standard InChI is InChI=1S/C10H12O/c1-3-5-10-8-11-7-6-9(10)4-2/h1,4-5H,6-8H2,2H3/b9-4-,10-5-. The van der Waals surface area contributed by atoms with Gasteiger partial charge in [0, 0.05) is 0 Å². The summed E-state index contributed by atoms with van der Waals surface area (Å²) in [6, 6.07) is 0. The Morgan fingerprint density at radius 1 is 1.55 bits per heavy atom. The van der Waals surface area contributed by atoms with Gasteiger partial charge in [0.1, 0.15) is 0 Å². The normalized spacial score (nSPS) is 25.5. The smallest absolute Gasteiger partial charge is 0.0725 e. The van der Waals surface area contributed by atoms with Crippen molar-refractivity contribution < 1.29 is 4.74 Å². The fraction of sp³-hybridized carbons (Fsp3) is 0.400. The molecule has 0 unspecified atom stereocenters. The highest BCUT2D eigenvalue weighted by Gasteiger charge is 2.09. The lowest BCUT2D eigenvalue weighted by Gasteiger charge is -2.17. The lowest BCUT2D eigenvalue weighted by Crippen LogP contribution is -2.10. The third-order valence-corrected chi connectivity index (χ3v) is 1.79. The molecule has 0 N–H and O–H groups in total. The first-order valence-electron chi connectivity index (χ1n) is 3.77. The molecule has 0 aromatic carbocycles. The summed E-state index contributed by atoms with van der Waals surface area (Å²) >= 11 is 0. The molecule has 1 rings (SSSR count). The molecule has 1 fully saturated rings. The Morgan fingerprint density at radius 3 is 3.00 bits per heavy atom. The van der Waals surface area contributed by atoms with Gasteiger partial charge < -0.3 is 4.74 Å². The molecule has 0 amide bonds. The molecule has 1 heteroatoms. The summed E-state index contributed by atoms with van der Waals surface area (Å²) in [5.74, 6) is 2.52. The van der Waals surface area contributed by atoms with Crippen LogP contribution in [0.4, 0.5) is 0 Å². The second-order valence-corrected chi connectivity index (χ2v) is 2.45. The maximum Gasteiger partial charge on any atom is 0.0725 e. The van der Waals surface area contributed by atoms with Crippen molar-refractivity contribution in [3.05, 3.63) is 23.3 Å². The Labute approximate surface area is 67.8 Å². The predicted molar refractivity (Wildman–Crippen MR) is 46.1 cm³/mol. The van der Waals surface area contributed by atoms with Crippen LogP contribution in [-0.2, 0) is 4.74 Å². The van der Waals surface area contributed by atoms with Crippen molar-refractivity contribution in [3.8, 4) is 12.3 Å². The third kappa shape index (κ3) is 1.96. The number of terminal acetylenes is 1. The molecule has 1 aliphatic rings. The van der Waals surface area contributed by atoms with Gasteiger partial charge >= 0.3 is 0 Å². The van der Waals surface area contributed by atoms with E-state index in [9.17, 15) is 0 Å². The minimum absolute atomic E-state index is 0.671. The summed E-state index contributed by atoms with van der Waals surface area (Å²) in [7, 11) is 0. The summed E-state index contributed by atoms with van der Waals surface area (Å²) in [6.45, 7) is 3.52. The molecule has 1 aliphatic heterocycles. The highest BCUT2D eigenvalue weighted by atomic mass is 16.5. The molecular formula is C10H12O. The Bertz CT molecular complexity index is 228. The maximum atomic E-state index is 5.26.